The van der Waals surface area contributed by atoms with Gasteiger partial charge in [-0.1, -0.05) is 20.8 Å². The van der Waals surface area contributed by atoms with Gasteiger partial charge in [0.2, 0.25) is 0 Å². The molecule has 2 N–H and O–H groups in total. The van der Waals surface area contributed by atoms with E-state index in [0.29, 0.717) is 22.3 Å². The van der Waals surface area contributed by atoms with Crippen molar-refractivity contribution in [1.29, 1.82) is 0 Å². The molecule has 0 atom stereocenters. The van der Waals surface area contributed by atoms with Gasteiger partial charge in [0.05, 0.1) is 0 Å². The van der Waals surface area contributed by atoms with Gasteiger partial charge in [0.25, 0.3) is 0 Å². The lowest BCUT2D eigenvalue weighted by Gasteiger charge is -2.14. The van der Waals surface area contributed by atoms with Crippen LogP contribution in [0.25, 0.3) is 0 Å². The highest BCUT2D eigenvalue weighted by atomic mass is 32.1. The van der Waals surface area contributed by atoms with Gasteiger partial charge in [-0.3, -0.25) is 10.3 Å². The van der Waals surface area contributed by atoms with Crippen LogP contribution in [-0.4, -0.2) is 16.0 Å². The summed E-state index contributed by atoms with van der Waals surface area (Å²) in [5.41, 5.74) is 0.677. The lowest BCUT2D eigenvalue weighted by atomic mass is 9.96. The summed E-state index contributed by atoms with van der Waals surface area (Å²) in [6, 6.07) is 10.4. The van der Waals surface area contributed by atoms with E-state index in [2.05, 4.69) is 41.4 Å². The van der Waals surface area contributed by atoms with Gasteiger partial charge in [0.1, 0.15) is 11.5 Å². The van der Waals surface area contributed by atoms with Crippen molar-refractivity contribution < 1.29 is 9.53 Å². The van der Waals surface area contributed by atoms with Crippen LogP contribution in [0.1, 0.15) is 25.6 Å². The Morgan fingerprint density at radius 2 is 1.65 bits per heavy atom. The van der Waals surface area contributed by atoms with Crippen molar-refractivity contribution in [3.8, 4) is 11.5 Å². The molecule has 2 aromatic heterocycles. The van der Waals surface area contributed by atoms with Crippen molar-refractivity contribution in [2.24, 2.45) is 0 Å². The number of carbonyl (C=O) groups is 1. The second-order valence-corrected chi connectivity index (χ2v) is 7.70. The normalized spacial score (nSPS) is 11.0. The molecular weight excluding hydrogens is 348 g/mol. The fraction of sp³-hybridized carbons (Fsp3) is 0.211. The zero-order valence-corrected chi connectivity index (χ0v) is 15.6. The Morgan fingerprint density at radius 1 is 1.00 bits per heavy atom. The first-order chi connectivity index (χ1) is 12.4. The SMILES string of the molecule is CC(C)(C)c1cnc(NC(=O)Nc2ccc(Oc3ccncc3)cc2)s1. The molecular formula is C19H20N4O2S. The molecule has 3 aromatic rings. The number of hydrogen-bond donors (Lipinski definition) is 2. The molecule has 3 rings (SSSR count). The number of anilines is 2. The van der Waals surface area contributed by atoms with Crippen molar-refractivity contribution in [2.45, 2.75) is 26.2 Å². The summed E-state index contributed by atoms with van der Waals surface area (Å²) in [7, 11) is 0. The Morgan fingerprint density at radius 3 is 2.27 bits per heavy atom. The molecule has 0 unspecified atom stereocenters. The van der Waals surface area contributed by atoms with Gasteiger partial charge in [-0.05, 0) is 41.8 Å². The third kappa shape index (κ3) is 4.80. The average Bonchev–Trinajstić information content (AvgIpc) is 3.06. The third-order valence-corrected chi connectivity index (χ3v) is 4.80. The van der Waals surface area contributed by atoms with Gasteiger partial charge >= 0.3 is 6.03 Å². The van der Waals surface area contributed by atoms with E-state index in [0.717, 1.165) is 4.88 Å². The molecule has 134 valence electrons. The molecule has 7 heteroatoms. The van der Waals surface area contributed by atoms with Crippen LogP contribution >= 0.6 is 11.3 Å². The Bertz CT molecular complexity index is 871. The summed E-state index contributed by atoms with van der Waals surface area (Å²) < 4.78 is 5.69. The number of nitrogens with zero attached hydrogens (tertiary/aromatic N) is 2. The molecule has 2 amide bonds. The first-order valence-electron chi connectivity index (χ1n) is 8.12. The smallest absolute Gasteiger partial charge is 0.325 e. The van der Waals surface area contributed by atoms with Crippen LogP contribution < -0.4 is 15.4 Å². The second-order valence-electron chi connectivity index (χ2n) is 6.67. The van der Waals surface area contributed by atoms with E-state index < -0.39 is 0 Å². The summed E-state index contributed by atoms with van der Waals surface area (Å²) >= 11 is 1.47. The van der Waals surface area contributed by atoms with Crippen LogP contribution in [0.5, 0.6) is 11.5 Å². The number of aromatic nitrogens is 2. The van der Waals surface area contributed by atoms with E-state index in [4.69, 9.17) is 4.74 Å². The van der Waals surface area contributed by atoms with Crippen molar-refractivity contribution in [2.75, 3.05) is 10.6 Å². The fourth-order valence-corrected chi connectivity index (χ4v) is 2.96. The Labute approximate surface area is 156 Å². The maximum absolute atomic E-state index is 12.1. The molecule has 0 radical (unpaired) electrons. The molecule has 26 heavy (non-hydrogen) atoms. The minimum absolute atomic E-state index is 0.0126. The van der Waals surface area contributed by atoms with Gasteiger partial charge < -0.3 is 10.1 Å². The zero-order valence-electron chi connectivity index (χ0n) is 14.8. The van der Waals surface area contributed by atoms with E-state index in [1.165, 1.54) is 11.3 Å². The van der Waals surface area contributed by atoms with Crippen LogP contribution in [0.15, 0.2) is 55.0 Å². The number of carbonyl (C=O) groups excluding carboxylic acids is 1. The summed E-state index contributed by atoms with van der Waals surface area (Å²) in [6.45, 7) is 6.33. The summed E-state index contributed by atoms with van der Waals surface area (Å²) in [4.78, 5) is 21.4. The highest BCUT2D eigenvalue weighted by Gasteiger charge is 2.17. The largest absolute Gasteiger partial charge is 0.457 e. The maximum Gasteiger partial charge on any atom is 0.325 e. The van der Waals surface area contributed by atoms with Crippen LogP contribution in [0.4, 0.5) is 15.6 Å². The summed E-state index contributed by atoms with van der Waals surface area (Å²) in [5.74, 6) is 1.38. The van der Waals surface area contributed by atoms with Crippen LogP contribution in [0.2, 0.25) is 0 Å². The van der Waals surface area contributed by atoms with E-state index >= 15 is 0 Å². The lowest BCUT2D eigenvalue weighted by Crippen LogP contribution is -2.19. The van der Waals surface area contributed by atoms with Crippen molar-refractivity contribution in [1.82, 2.24) is 9.97 Å². The Hall–Kier alpha value is -2.93. The fourth-order valence-electron chi connectivity index (χ4n) is 2.09. The third-order valence-electron chi connectivity index (χ3n) is 3.46. The minimum atomic E-state index is -0.331. The van der Waals surface area contributed by atoms with Crippen LogP contribution in [0.3, 0.4) is 0 Å². The number of nitrogens with one attached hydrogen (secondary N) is 2. The number of rotatable bonds is 4. The monoisotopic (exact) mass is 368 g/mol. The van der Waals surface area contributed by atoms with E-state index in [1.807, 2.05) is 0 Å². The molecule has 0 spiro atoms. The number of benzene rings is 1. The number of pyridine rings is 1. The molecule has 0 bridgehead atoms. The van der Waals surface area contributed by atoms with Crippen molar-refractivity contribution in [3.63, 3.8) is 0 Å². The number of thiazole rings is 1. The number of amides is 2. The van der Waals surface area contributed by atoms with Gasteiger partial charge in [-0.25, -0.2) is 9.78 Å². The van der Waals surface area contributed by atoms with Gasteiger partial charge in [0, 0.05) is 29.2 Å². The highest BCUT2D eigenvalue weighted by Crippen LogP contribution is 2.30. The molecule has 1 aromatic carbocycles. The standard InChI is InChI=1S/C19H20N4O2S/c1-19(2,3)16-12-21-18(26-16)23-17(24)22-13-4-6-14(7-5-13)25-15-8-10-20-11-9-15/h4-12H,1-3H3,(H2,21,22,23,24). The second kappa shape index (κ2) is 7.53. The first-order valence-corrected chi connectivity index (χ1v) is 8.94. The molecule has 0 saturated carbocycles. The predicted octanol–water partition coefficient (Wildman–Crippen LogP) is 5.27. The van der Waals surface area contributed by atoms with Gasteiger partial charge in [0.15, 0.2) is 5.13 Å². The number of urea groups is 1. The lowest BCUT2D eigenvalue weighted by molar-refractivity contribution is 0.262. The topological polar surface area (TPSA) is 76.1 Å². The molecule has 0 aliphatic rings. The van der Waals surface area contributed by atoms with E-state index in [1.54, 1.807) is 55.0 Å². The van der Waals surface area contributed by atoms with E-state index in [-0.39, 0.29) is 11.4 Å². The number of ether oxygens (including phenoxy) is 1. The quantitative estimate of drug-likeness (QED) is 0.657. The predicted molar refractivity (Wildman–Crippen MR) is 104 cm³/mol. The minimum Gasteiger partial charge on any atom is -0.457 e. The molecule has 0 fully saturated rings. The average molecular weight is 368 g/mol. The zero-order chi connectivity index (χ0) is 18.6. The number of hydrogen-bond acceptors (Lipinski definition) is 5. The highest BCUT2D eigenvalue weighted by molar-refractivity contribution is 7.15. The Kier molecular flexibility index (Phi) is 5.18. The first kappa shape index (κ1) is 17.9. The molecule has 0 aliphatic carbocycles. The van der Waals surface area contributed by atoms with Crippen LogP contribution in [-0.2, 0) is 5.41 Å². The maximum atomic E-state index is 12.1. The van der Waals surface area contributed by atoms with Gasteiger partial charge in [-0.15, -0.1) is 11.3 Å². The summed E-state index contributed by atoms with van der Waals surface area (Å²) in [5, 5.41) is 6.11. The molecule has 0 aliphatic heterocycles. The summed E-state index contributed by atoms with van der Waals surface area (Å²) in [6.07, 6.45) is 5.13. The molecule has 0 saturated heterocycles. The van der Waals surface area contributed by atoms with Crippen molar-refractivity contribution >= 4 is 28.2 Å². The molecule has 2 heterocycles. The van der Waals surface area contributed by atoms with Crippen molar-refractivity contribution in [3.05, 3.63) is 59.9 Å². The van der Waals surface area contributed by atoms with Gasteiger partial charge in [-0.2, -0.15) is 0 Å². The van der Waals surface area contributed by atoms with E-state index in [9.17, 15) is 4.79 Å². The Balaban J connectivity index is 1.57. The van der Waals surface area contributed by atoms with Crippen LogP contribution in [0, 0.1) is 0 Å². The molecule has 6 nitrogen and oxygen atoms in total.